The fraction of sp³-hybridized carbons (Fsp3) is 0.348. The van der Waals surface area contributed by atoms with Crippen LogP contribution in [0.25, 0.3) is 0 Å². The number of benzene rings is 2. The van der Waals surface area contributed by atoms with Crippen LogP contribution in [-0.2, 0) is 11.2 Å². The lowest BCUT2D eigenvalue weighted by Crippen LogP contribution is -2.33. The zero-order chi connectivity index (χ0) is 19.8. The molecule has 0 atom stereocenters. The van der Waals surface area contributed by atoms with Gasteiger partial charge in [0, 0.05) is 31.1 Å². The molecule has 29 heavy (non-hydrogen) atoms. The van der Waals surface area contributed by atoms with E-state index >= 15 is 0 Å². The second kappa shape index (κ2) is 7.76. The van der Waals surface area contributed by atoms with Crippen LogP contribution in [0.2, 0.25) is 0 Å². The highest BCUT2D eigenvalue weighted by atomic mass is 32.2. The second-order valence-corrected chi connectivity index (χ2v) is 8.99. The zero-order valence-corrected chi connectivity index (χ0v) is 17.3. The topological polar surface area (TPSA) is 42.0 Å². The number of ether oxygens (including phenoxy) is 2. The van der Waals surface area contributed by atoms with Gasteiger partial charge in [-0.15, -0.1) is 0 Å². The van der Waals surface area contributed by atoms with Crippen LogP contribution in [0.1, 0.15) is 11.1 Å². The van der Waals surface area contributed by atoms with E-state index < -0.39 is 0 Å². The molecule has 6 heteroatoms. The Morgan fingerprint density at radius 1 is 0.966 bits per heavy atom. The van der Waals surface area contributed by atoms with Crippen molar-refractivity contribution in [1.29, 1.82) is 0 Å². The standard InChI is InChI=1S/C23H24N2O3S/c1-16-3-2-4-17(9-16)10-23(26)24-12-18-14-25(15-19(18)13-24)29-20-5-6-21-22(11-20)28-8-7-27-21/h2-6,9,11H,7-8,10,12-15H2,1H3. The minimum atomic E-state index is 0.219. The number of nitrogens with zero attached hydrogens (tertiary/aromatic N) is 2. The summed E-state index contributed by atoms with van der Waals surface area (Å²) in [7, 11) is 0. The van der Waals surface area contributed by atoms with Crippen LogP contribution in [0.3, 0.4) is 0 Å². The Morgan fingerprint density at radius 2 is 1.72 bits per heavy atom. The molecule has 3 aliphatic rings. The summed E-state index contributed by atoms with van der Waals surface area (Å²) in [6.07, 6.45) is 0.484. The van der Waals surface area contributed by atoms with Crippen molar-refractivity contribution in [2.75, 3.05) is 39.4 Å². The first-order chi connectivity index (χ1) is 14.1. The van der Waals surface area contributed by atoms with Crippen LogP contribution in [-0.4, -0.2) is 54.5 Å². The Labute approximate surface area is 175 Å². The van der Waals surface area contributed by atoms with E-state index in [-0.39, 0.29) is 5.91 Å². The first-order valence-electron chi connectivity index (χ1n) is 10.00. The van der Waals surface area contributed by atoms with Crippen LogP contribution < -0.4 is 9.47 Å². The van der Waals surface area contributed by atoms with Gasteiger partial charge in [0.05, 0.1) is 6.42 Å². The van der Waals surface area contributed by atoms with Gasteiger partial charge in [-0.1, -0.05) is 29.8 Å². The predicted molar refractivity (Wildman–Crippen MR) is 113 cm³/mol. The van der Waals surface area contributed by atoms with E-state index in [1.165, 1.54) is 16.7 Å². The van der Waals surface area contributed by atoms with Gasteiger partial charge in [0.1, 0.15) is 13.2 Å². The molecular formula is C23H24N2O3S. The number of amides is 1. The number of carbonyl (C=O) groups is 1. The average Bonchev–Trinajstić information content (AvgIpc) is 3.27. The molecule has 0 aliphatic carbocycles. The van der Waals surface area contributed by atoms with Crippen LogP contribution in [0.4, 0.5) is 0 Å². The van der Waals surface area contributed by atoms with Gasteiger partial charge < -0.3 is 14.4 Å². The Bertz CT molecular complexity index is 970. The quantitative estimate of drug-likeness (QED) is 0.572. The maximum Gasteiger partial charge on any atom is 0.227 e. The van der Waals surface area contributed by atoms with Crippen molar-refractivity contribution in [2.24, 2.45) is 0 Å². The van der Waals surface area contributed by atoms with Crippen molar-refractivity contribution >= 4 is 17.9 Å². The molecule has 3 heterocycles. The van der Waals surface area contributed by atoms with Gasteiger partial charge >= 0.3 is 0 Å². The molecule has 0 aromatic heterocycles. The van der Waals surface area contributed by atoms with Crippen molar-refractivity contribution in [3.8, 4) is 11.5 Å². The first kappa shape index (κ1) is 18.6. The molecule has 0 saturated heterocycles. The summed E-state index contributed by atoms with van der Waals surface area (Å²) in [4.78, 5) is 15.9. The van der Waals surface area contributed by atoms with E-state index in [0.29, 0.717) is 19.6 Å². The fourth-order valence-corrected chi connectivity index (χ4v) is 5.15. The lowest BCUT2D eigenvalue weighted by molar-refractivity contribution is -0.129. The molecule has 1 amide bonds. The minimum Gasteiger partial charge on any atom is -0.486 e. The Hall–Kier alpha value is -2.44. The van der Waals surface area contributed by atoms with Crippen LogP contribution in [0.15, 0.2) is 58.5 Å². The number of hydrogen-bond donors (Lipinski definition) is 0. The van der Waals surface area contributed by atoms with Gasteiger partial charge in [0.2, 0.25) is 5.91 Å². The summed E-state index contributed by atoms with van der Waals surface area (Å²) in [5.74, 6) is 1.87. The number of aryl methyl sites for hydroxylation is 1. The molecule has 0 bridgehead atoms. The van der Waals surface area contributed by atoms with Crippen molar-refractivity contribution in [3.05, 3.63) is 64.7 Å². The molecule has 5 nitrogen and oxygen atoms in total. The summed E-state index contributed by atoms with van der Waals surface area (Å²) in [6, 6.07) is 14.3. The maximum atomic E-state index is 12.7. The molecule has 0 N–H and O–H groups in total. The second-order valence-electron chi connectivity index (χ2n) is 7.82. The number of rotatable bonds is 4. The molecule has 0 spiro atoms. The number of carbonyl (C=O) groups excluding carboxylic acids is 1. The van der Waals surface area contributed by atoms with Crippen LogP contribution in [0, 0.1) is 6.92 Å². The van der Waals surface area contributed by atoms with E-state index in [9.17, 15) is 4.79 Å². The third-order valence-electron chi connectivity index (χ3n) is 5.54. The molecule has 150 valence electrons. The van der Waals surface area contributed by atoms with E-state index in [4.69, 9.17) is 9.47 Å². The highest BCUT2D eigenvalue weighted by Crippen LogP contribution is 2.38. The van der Waals surface area contributed by atoms with E-state index in [1.807, 2.05) is 23.1 Å². The summed E-state index contributed by atoms with van der Waals surface area (Å²) >= 11 is 1.75. The lowest BCUT2D eigenvalue weighted by Gasteiger charge is -2.23. The molecule has 0 saturated carbocycles. The molecule has 5 rings (SSSR count). The molecule has 2 aromatic rings. The number of hydrogen-bond acceptors (Lipinski definition) is 5. The summed E-state index contributed by atoms with van der Waals surface area (Å²) in [6.45, 7) is 6.62. The summed E-state index contributed by atoms with van der Waals surface area (Å²) < 4.78 is 13.6. The van der Waals surface area contributed by atoms with Crippen molar-refractivity contribution in [1.82, 2.24) is 9.21 Å². The largest absolute Gasteiger partial charge is 0.486 e. The van der Waals surface area contributed by atoms with Gasteiger partial charge in [-0.05, 0) is 53.8 Å². The maximum absolute atomic E-state index is 12.7. The lowest BCUT2D eigenvalue weighted by atomic mass is 10.1. The average molecular weight is 409 g/mol. The first-order valence-corrected chi connectivity index (χ1v) is 10.8. The molecule has 0 radical (unpaired) electrons. The van der Waals surface area contributed by atoms with E-state index in [2.05, 4.69) is 35.5 Å². The molecular weight excluding hydrogens is 384 g/mol. The molecule has 3 aliphatic heterocycles. The van der Waals surface area contributed by atoms with Gasteiger partial charge in [-0.25, -0.2) is 4.31 Å². The Morgan fingerprint density at radius 3 is 2.48 bits per heavy atom. The smallest absolute Gasteiger partial charge is 0.227 e. The van der Waals surface area contributed by atoms with Crippen LogP contribution in [0.5, 0.6) is 11.5 Å². The van der Waals surface area contributed by atoms with Crippen molar-refractivity contribution < 1.29 is 14.3 Å². The number of fused-ring (bicyclic) bond motifs is 1. The van der Waals surface area contributed by atoms with Gasteiger partial charge in [0.25, 0.3) is 0 Å². The fourth-order valence-electron chi connectivity index (χ4n) is 4.12. The zero-order valence-electron chi connectivity index (χ0n) is 16.5. The normalized spacial score (nSPS) is 18.3. The highest BCUT2D eigenvalue weighted by Gasteiger charge is 2.32. The third kappa shape index (κ3) is 4.00. The van der Waals surface area contributed by atoms with Crippen LogP contribution >= 0.6 is 11.9 Å². The monoisotopic (exact) mass is 408 g/mol. The highest BCUT2D eigenvalue weighted by molar-refractivity contribution is 7.97. The predicted octanol–water partition coefficient (Wildman–Crippen LogP) is 3.47. The summed E-state index contributed by atoms with van der Waals surface area (Å²) in [5, 5.41) is 0. The molecule has 2 aromatic carbocycles. The third-order valence-corrected chi connectivity index (χ3v) is 6.52. The minimum absolute atomic E-state index is 0.219. The van der Waals surface area contributed by atoms with Gasteiger partial charge in [-0.3, -0.25) is 4.79 Å². The van der Waals surface area contributed by atoms with Gasteiger partial charge in [-0.2, -0.15) is 0 Å². The molecule has 0 unspecified atom stereocenters. The van der Waals surface area contributed by atoms with E-state index in [0.717, 1.165) is 48.1 Å². The van der Waals surface area contributed by atoms with E-state index in [1.54, 1.807) is 11.9 Å². The Balaban J connectivity index is 1.16. The SMILES string of the molecule is Cc1cccc(CC(=O)N2CC3=C(CN(Sc4ccc5c(c4)OCCO5)C3)C2)c1. The van der Waals surface area contributed by atoms with Crippen molar-refractivity contribution in [3.63, 3.8) is 0 Å². The molecule has 0 fully saturated rings. The summed E-state index contributed by atoms with van der Waals surface area (Å²) in [5.41, 5.74) is 5.09. The van der Waals surface area contributed by atoms with Gasteiger partial charge in [0.15, 0.2) is 11.5 Å². The van der Waals surface area contributed by atoms with Crippen molar-refractivity contribution in [2.45, 2.75) is 18.2 Å². The Kier molecular flexibility index (Phi) is 4.97.